The van der Waals surface area contributed by atoms with Gasteiger partial charge in [-0.2, -0.15) is 0 Å². The topological polar surface area (TPSA) is 75.6 Å². The number of nitrogens with one attached hydrogen (secondary N) is 1. The zero-order valence-corrected chi connectivity index (χ0v) is 10.1. The SMILES string of the molecule is COCC(=O)NCc1cccc(C=CC(=O)O)c1. The second-order valence-corrected chi connectivity index (χ2v) is 3.63. The molecule has 0 saturated carbocycles. The molecule has 0 bridgehead atoms. The van der Waals surface area contributed by atoms with Gasteiger partial charge in [-0.3, -0.25) is 4.79 Å². The third kappa shape index (κ3) is 5.27. The van der Waals surface area contributed by atoms with Crippen molar-refractivity contribution in [3.05, 3.63) is 41.5 Å². The molecule has 1 aromatic carbocycles. The summed E-state index contributed by atoms with van der Waals surface area (Å²) in [5.41, 5.74) is 1.67. The molecule has 0 fully saturated rings. The number of rotatable bonds is 6. The van der Waals surface area contributed by atoms with Crippen molar-refractivity contribution in [2.75, 3.05) is 13.7 Å². The van der Waals surface area contributed by atoms with Crippen molar-refractivity contribution < 1.29 is 19.4 Å². The molecular formula is C13H15NO4. The number of hydrogen-bond donors (Lipinski definition) is 2. The molecule has 2 N–H and O–H groups in total. The van der Waals surface area contributed by atoms with Crippen molar-refractivity contribution >= 4 is 18.0 Å². The van der Waals surface area contributed by atoms with Gasteiger partial charge in [0.1, 0.15) is 6.61 Å². The molecular weight excluding hydrogens is 234 g/mol. The van der Waals surface area contributed by atoms with E-state index in [-0.39, 0.29) is 12.5 Å². The van der Waals surface area contributed by atoms with Crippen LogP contribution in [0.5, 0.6) is 0 Å². The fourth-order valence-corrected chi connectivity index (χ4v) is 1.36. The molecule has 96 valence electrons. The van der Waals surface area contributed by atoms with Gasteiger partial charge in [-0.25, -0.2) is 4.79 Å². The largest absolute Gasteiger partial charge is 0.478 e. The van der Waals surface area contributed by atoms with E-state index < -0.39 is 5.97 Å². The Labute approximate surface area is 105 Å². The molecule has 0 heterocycles. The minimum absolute atomic E-state index is 0.0264. The molecule has 0 aliphatic heterocycles. The zero-order chi connectivity index (χ0) is 13.4. The molecule has 0 aromatic heterocycles. The van der Waals surface area contributed by atoms with Crippen molar-refractivity contribution in [1.82, 2.24) is 5.32 Å². The van der Waals surface area contributed by atoms with Gasteiger partial charge in [0, 0.05) is 19.7 Å². The Hall–Kier alpha value is -2.14. The van der Waals surface area contributed by atoms with E-state index in [1.165, 1.54) is 13.2 Å². The van der Waals surface area contributed by atoms with Gasteiger partial charge in [-0.15, -0.1) is 0 Å². The van der Waals surface area contributed by atoms with Crippen LogP contribution in [0.25, 0.3) is 6.08 Å². The minimum Gasteiger partial charge on any atom is -0.478 e. The molecule has 0 aliphatic rings. The molecule has 0 atom stereocenters. The molecule has 0 saturated heterocycles. The Morgan fingerprint density at radius 2 is 2.22 bits per heavy atom. The van der Waals surface area contributed by atoms with Crippen LogP contribution in [-0.4, -0.2) is 30.7 Å². The summed E-state index contributed by atoms with van der Waals surface area (Å²) < 4.78 is 4.69. The van der Waals surface area contributed by atoms with Crippen LogP contribution < -0.4 is 5.32 Å². The smallest absolute Gasteiger partial charge is 0.328 e. The highest BCUT2D eigenvalue weighted by Gasteiger charge is 2.00. The average Bonchev–Trinajstić information content (AvgIpc) is 2.35. The van der Waals surface area contributed by atoms with Crippen molar-refractivity contribution in [3.8, 4) is 0 Å². The summed E-state index contributed by atoms with van der Waals surface area (Å²) in [5.74, 6) is -1.18. The van der Waals surface area contributed by atoms with Crippen molar-refractivity contribution in [3.63, 3.8) is 0 Å². The number of hydrogen-bond acceptors (Lipinski definition) is 3. The Balaban J connectivity index is 2.59. The second-order valence-electron chi connectivity index (χ2n) is 3.63. The number of ether oxygens (including phenoxy) is 1. The highest BCUT2D eigenvalue weighted by molar-refractivity contribution is 5.85. The molecule has 0 unspecified atom stereocenters. The maximum Gasteiger partial charge on any atom is 0.328 e. The monoisotopic (exact) mass is 249 g/mol. The maximum absolute atomic E-state index is 11.2. The van der Waals surface area contributed by atoms with Gasteiger partial charge in [0.05, 0.1) is 0 Å². The van der Waals surface area contributed by atoms with Gasteiger partial charge in [-0.05, 0) is 23.3 Å². The van der Waals surface area contributed by atoms with Gasteiger partial charge in [0.2, 0.25) is 5.91 Å². The van der Waals surface area contributed by atoms with Crippen LogP contribution in [0.4, 0.5) is 0 Å². The summed E-state index contributed by atoms with van der Waals surface area (Å²) in [5, 5.41) is 11.2. The number of benzene rings is 1. The molecule has 0 radical (unpaired) electrons. The number of aliphatic carboxylic acids is 1. The molecule has 0 aliphatic carbocycles. The number of carboxylic acid groups (broad SMARTS) is 1. The van der Waals surface area contributed by atoms with Crippen LogP contribution in [0.15, 0.2) is 30.3 Å². The second kappa shape index (κ2) is 7.24. The Kier molecular flexibility index (Phi) is 5.60. The van der Waals surface area contributed by atoms with Gasteiger partial charge in [0.15, 0.2) is 0 Å². The van der Waals surface area contributed by atoms with Crippen molar-refractivity contribution in [2.45, 2.75) is 6.54 Å². The van der Waals surface area contributed by atoms with Gasteiger partial charge in [0.25, 0.3) is 0 Å². The maximum atomic E-state index is 11.2. The lowest BCUT2D eigenvalue weighted by atomic mass is 10.1. The number of carbonyl (C=O) groups is 2. The van der Waals surface area contributed by atoms with Crippen LogP contribution in [0.3, 0.4) is 0 Å². The molecule has 1 amide bonds. The molecule has 5 nitrogen and oxygen atoms in total. The molecule has 1 rings (SSSR count). The fourth-order valence-electron chi connectivity index (χ4n) is 1.36. The zero-order valence-electron chi connectivity index (χ0n) is 10.1. The Bertz CT molecular complexity index is 454. The quantitative estimate of drug-likeness (QED) is 0.739. The molecule has 1 aromatic rings. The Morgan fingerprint density at radius 3 is 2.89 bits per heavy atom. The first-order valence-electron chi connectivity index (χ1n) is 5.37. The highest BCUT2D eigenvalue weighted by Crippen LogP contribution is 2.07. The predicted octanol–water partition coefficient (Wildman–Crippen LogP) is 1.05. The van der Waals surface area contributed by atoms with Gasteiger partial charge < -0.3 is 15.2 Å². The van der Waals surface area contributed by atoms with E-state index in [4.69, 9.17) is 9.84 Å². The standard InChI is InChI=1S/C13H15NO4/c1-18-9-12(15)14-8-11-4-2-3-10(7-11)5-6-13(16)17/h2-7H,8-9H2,1H3,(H,14,15)(H,16,17). The molecule has 5 heteroatoms. The lowest BCUT2D eigenvalue weighted by Crippen LogP contribution is -2.26. The van der Waals surface area contributed by atoms with Crippen molar-refractivity contribution in [2.24, 2.45) is 0 Å². The first-order chi connectivity index (χ1) is 8.61. The Morgan fingerprint density at radius 1 is 1.44 bits per heavy atom. The molecule has 18 heavy (non-hydrogen) atoms. The van der Waals surface area contributed by atoms with E-state index in [0.29, 0.717) is 6.54 Å². The summed E-state index contributed by atoms with van der Waals surface area (Å²) in [6.07, 6.45) is 2.57. The summed E-state index contributed by atoms with van der Waals surface area (Å²) in [7, 11) is 1.46. The third-order valence-electron chi connectivity index (χ3n) is 2.13. The van der Waals surface area contributed by atoms with E-state index >= 15 is 0 Å². The minimum atomic E-state index is -0.992. The van der Waals surface area contributed by atoms with E-state index in [2.05, 4.69) is 5.32 Å². The van der Waals surface area contributed by atoms with Crippen LogP contribution in [0.2, 0.25) is 0 Å². The van der Waals surface area contributed by atoms with E-state index in [9.17, 15) is 9.59 Å². The number of amides is 1. The first-order valence-corrected chi connectivity index (χ1v) is 5.37. The lowest BCUT2D eigenvalue weighted by molar-refractivity contribution is -0.131. The number of carboxylic acids is 1. The van der Waals surface area contributed by atoms with Crippen LogP contribution in [0, 0.1) is 0 Å². The summed E-state index contributed by atoms with van der Waals surface area (Å²) >= 11 is 0. The van der Waals surface area contributed by atoms with Crippen LogP contribution in [0.1, 0.15) is 11.1 Å². The summed E-state index contributed by atoms with van der Waals surface area (Å²) in [6, 6.07) is 7.26. The highest BCUT2D eigenvalue weighted by atomic mass is 16.5. The average molecular weight is 249 g/mol. The van der Waals surface area contributed by atoms with E-state index in [1.54, 1.807) is 12.1 Å². The molecule has 0 spiro atoms. The van der Waals surface area contributed by atoms with Crippen LogP contribution >= 0.6 is 0 Å². The normalized spacial score (nSPS) is 10.5. The predicted molar refractivity (Wildman–Crippen MR) is 66.8 cm³/mol. The lowest BCUT2D eigenvalue weighted by Gasteiger charge is -2.05. The van der Waals surface area contributed by atoms with Gasteiger partial charge in [-0.1, -0.05) is 18.2 Å². The first kappa shape index (κ1) is 13.9. The van der Waals surface area contributed by atoms with Crippen molar-refractivity contribution in [1.29, 1.82) is 0 Å². The van der Waals surface area contributed by atoms with E-state index in [0.717, 1.165) is 17.2 Å². The fraction of sp³-hybridized carbons (Fsp3) is 0.231. The summed E-state index contributed by atoms with van der Waals surface area (Å²) in [4.78, 5) is 21.6. The number of methoxy groups -OCH3 is 1. The summed E-state index contributed by atoms with van der Waals surface area (Å²) in [6.45, 7) is 0.412. The van der Waals surface area contributed by atoms with Crippen LogP contribution in [-0.2, 0) is 20.9 Å². The van der Waals surface area contributed by atoms with Gasteiger partial charge >= 0.3 is 5.97 Å². The third-order valence-corrected chi connectivity index (χ3v) is 2.13. The van der Waals surface area contributed by atoms with E-state index in [1.807, 2.05) is 12.1 Å². The number of carbonyl (C=O) groups excluding carboxylic acids is 1.